The maximum atomic E-state index is 12.2. The summed E-state index contributed by atoms with van der Waals surface area (Å²) in [6, 6.07) is 8.05. The molecule has 3 unspecified atom stereocenters. The van der Waals surface area contributed by atoms with Gasteiger partial charge in [0.15, 0.2) is 5.71 Å². The quantitative estimate of drug-likeness (QED) is 0.0509. The lowest BCUT2D eigenvalue weighted by atomic mass is 9.76. The van der Waals surface area contributed by atoms with Gasteiger partial charge in [0.05, 0.1) is 33.6 Å². The fraction of sp³-hybridized carbons (Fsp3) is 0.474. The number of unbranched alkanes of at least 4 members (excludes halogenated alkanes) is 2. The van der Waals surface area contributed by atoms with Crippen molar-refractivity contribution < 1.29 is 63.2 Å². The van der Waals surface area contributed by atoms with E-state index in [1.807, 2.05) is 17.9 Å². The first kappa shape index (κ1) is 45.0. The van der Waals surface area contributed by atoms with Crippen LogP contribution in [0.1, 0.15) is 76.8 Å². The van der Waals surface area contributed by atoms with Gasteiger partial charge in [-0.25, -0.2) is 0 Å². The topological polar surface area (TPSA) is 236 Å². The molecule has 2 aliphatic heterocycles. The van der Waals surface area contributed by atoms with E-state index in [0.717, 1.165) is 11.4 Å². The minimum absolute atomic E-state index is 0.0115. The molecule has 56 heavy (non-hydrogen) atoms. The highest BCUT2D eigenvalue weighted by Gasteiger charge is 2.48. The standard InChI is InChI=1S/C38H50N2O13S3/c1-27(26-41)40-33-18-16-29(56(50,51)52)25-31(33)37(2,19-11-23-54(44,45)46)35(40)13-8-5-7-12-34-38(3,20-22-53-4)30-24-28(55(47,48)49)15-17-32(30)39(34)21-10-6-9-14-36(42)43/h5,7-8,12-13,15-18,24-25,27,41H,6,9-11,14,19-23,26H2,1-4H3,(H3-,42,43,44,45,46,47,48,49,50,51,52)/p+1. The van der Waals surface area contributed by atoms with E-state index in [1.165, 1.54) is 30.3 Å². The number of carbonyl (C=O) groups is 1. The maximum Gasteiger partial charge on any atom is 0.303 e. The predicted molar refractivity (Wildman–Crippen MR) is 211 cm³/mol. The van der Waals surface area contributed by atoms with Gasteiger partial charge in [-0.1, -0.05) is 18.2 Å². The highest BCUT2D eigenvalue weighted by Crippen LogP contribution is 2.52. The first-order valence-electron chi connectivity index (χ1n) is 18.1. The minimum Gasteiger partial charge on any atom is -0.481 e. The highest BCUT2D eigenvalue weighted by molar-refractivity contribution is 7.86. The largest absolute Gasteiger partial charge is 0.481 e. The van der Waals surface area contributed by atoms with Crippen molar-refractivity contribution in [1.82, 2.24) is 0 Å². The van der Waals surface area contributed by atoms with Crippen LogP contribution in [-0.4, -0.2) is 104 Å². The Morgan fingerprint density at radius 1 is 0.857 bits per heavy atom. The third kappa shape index (κ3) is 10.2. The van der Waals surface area contributed by atoms with Crippen LogP contribution >= 0.6 is 0 Å². The number of allylic oxidation sites excluding steroid dienone is 6. The zero-order valence-electron chi connectivity index (χ0n) is 31.8. The first-order chi connectivity index (χ1) is 26.1. The second-order valence-corrected chi connectivity index (χ2v) is 19.0. The lowest BCUT2D eigenvalue weighted by molar-refractivity contribution is -0.438. The Balaban J connectivity index is 1.81. The second kappa shape index (κ2) is 17.8. The molecule has 0 radical (unpaired) electrons. The lowest BCUT2D eigenvalue weighted by Crippen LogP contribution is -2.37. The van der Waals surface area contributed by atoms with Gasteiger partial charge in [-0.15, -0.1) is 0 Å². The Labute approximate surface area is 329 Å². The van der Waals surface area contributed by atoms with Crippen LogP contribution in [-0.2, 0) is 50.7 Å². The van der Waals surface area contributed by atoms with Crippen LogP contribution in [0.15, 0.2) is 82.3 Å². The number of anilines is 1. The molecule has 5 N–H and O–H groups in total. The van der Waals surface area contributed by atoms with Crippen molar-refractivity contribution in [2.75, 3.05) is 37.5 Å². The van der Waals surface area contributed by atoms with Gasteiger partial charge in [0.2, 0.25) is 5.69 Å². The molecular formula is C38H51N2O13S3+. The molecule has 0 aromatic heterocycles. The summed E-state index contributed by atoms with van der Waals surface area (Å²) in [5, 5.41) is 19.4. The van der Waals surface area contributed by atoms with Crippen molar-refractivity contribution in [2.24, 2.45) is 0 Å². The number of benzene rings is 2. The molecule has 2 aromatic rings. The Hall–Kier alpha value is -3.75. The van der Waals surface area contributed by atoms with Crippen LogP contribution in [0.5, 0.6) is 0 Å². The number of methoxy groups -OCH3 is 1. The Kier molecular flexibility index (Phi) is 14.3. The maximum absolute atomic E-state index is 12.2. The Morgan fingerprint density at radius 3 is 2.09 bits per heavy atom. The molecular weight excluding hydrogens is 789 g/mol. The second-order valence-electron chi connectivity index (χ2n) is 14.5. The third-order valence-electron chi connectivity index (χ3n) is 10.5. The number of aliphatic hydroxyl groups is 1. The number of nitrogens with zero attached hydrogens (tertiary/aromatic N) is 2. The molecule has 2 aromatic carbocycles. The monoisotopic (exact) mass is 839 g/mol. The summed E-state index contributed by atoms with van der Waals surface area (Å²) < 4.78 is 109. The van der Waals surface area contributed by atoms with Gasteiger partial charge >= 0.3 is 5.97 Å². The van der Waals surface area contributed by atoms with Crippen molar-refractivity contribution in [1.29, 1.82) is 0 Å². The predicted octanol–water partition coefficient (Wildman–Crippen LogP) is 5.04. The van der Waals surface area contributed by atoms with Gasteiger partial charge in [-0.05, 0) is 94.8 Å². The van der Waals surface area contributed by atoms with E-state index in [4.69, 9.17) is 9.84 Å². The zero-order valence-corrected chi connectivity index (χ0v) is 34.3. The molecule has 2 heterocycles. The van der Waals surface area contributed by atoms with E-state index in [9.17, 15) is 48.8 Å². The van der Waals surface area contributed by atoms with E-state index in [-0.39, 0.29) is 35.7 Å². The van der Waals surface area contributed by atoms with E-state index < -0.39 is 58.9 Å². The van der Waals surface area contributed by atoms with Gasteiger partial charge in [0, 0.05) is 61.1 Å². The summed E-state index contributed by atoms with van der Waals surface area (Å²) in [4.78, 5) is 12.3. The van der Waals surface area contributed by atoms with Crippen molar-refractivity contribution in [3.63, 3.8) is 0 Å². The van der Waals surface area contributed by atoms with Crippen LogP contribution in [0.4, 0.5) is 11.4 Å². The normalized spacial score (nSPS) is 21.4. The lowest BCUT2D eigenvalue weighted by Gasteiger charge is -2.33. The molecule has 0 amide bonds. The third-order valence-corrected chi connectivity index (χ3v) is 13.0. The van der Waals surface area contributed by atoms with E-state index in [1.54, 1.807) is 51.3 Å². The summed E-state index contributed by atoms with van der Waals surface area (Å²) in [5.41, 5.74) is 2.06. The van der Waals surface area contributed by atoms with Crippen molar-refractivity contribution in [3.05, 3.63) is 83.6 Å². The molecule has 4 rings (SSSR count). The van der Waals surface area contributed by atoms with Crippen LogP contribution < -0.4 is 4.90 Å². The molecule has 0 fully saturated rings. The highest BCUT2D eigenvalue weighted by atomic mass is 32.2. The molecule has 15 nitrogen and oxygen atoms in total. The van der Waals surface area contributed by atoms with Crippen LogP contribution in [0.25, 0.3) is 0 Å². The zero-order chi connectivity index (χ0) is 41.7. The fourth-order valence-electron chi connectivity index (χ4n) is 7.64. The molecule has 0 spiro atoms. The summed E-state index contributed by atoms with van der Waals surface area (Å²) in [6.45, 7) is 6.05. The number of ether oxygens (including phenoxy) is 1. The molecule has 0 saturated carbocycles. The number of aliphatic carboxylic acids is 1. The van der Waals surface area contributed by atoms with Gasteiger partial charge in [0.1, 0.15) is 6.54 Å². The SMILES string of the molecule is COCCC1(C)C(C=CC=CC=C2N(C(C)CO)c3ccc(S(=O)(=O)O)cc3C2(C)CCCS(=O)(=O)O)=[N+](CCCCCC(=O)O)c2ccc(S(=O)(=O)O)cc21. The average Bonchev–Trinajstić information content (AvgIpc) is 3.49. The molecule has 0 bridgehead atoms. The van der Waals surface area contributed by atoms with Crippen molar-refractivity contribution in [3.8, 4) is 0 Å². The number of carboxylic acid groups (broad SMARTS) is 1. The molecule has 2 aliphatic rings. The van der Waals surface area contributed by atoms with Gasteiger partial charge < -0.3 is 19.8 Å². The van der Waals surface area contributed by atoms with Crippen molar-refractivity contribution in [2.45, 2.75) is 92.4 Å². The Morgan fingerprint density at radius 2 is 1.50 bits per heavy atom. The molecule has 308 valence electrons. The van der Waals surface area contributed by atoms with Crippen LogP contribution in [0.2, 0.25) is 0 Å². The van der Waals surface area contributed by atoms with Gasteiger partial charge in [0.25, 0.3) is 30.4 Å². The van der Waals surface area contributed by atoms with Gasteiger partial charge in [-0.2, -0.15) is 29.8 Å². The summed E-state index contributed by atoms with van der Waals surface area (Å²) >= 11 is 0. The number of aliphatic hydroxyl groups excluding tert-OH is 1. The number of hydrogen-bond acceptors (Lipinski definition) is 10. The smallest absolute Gasteiger partial charge is 0.303 e. The molecule has 0 aliphatic carbocycles. The van der Waals surface area contributed by atoms with E-state index >= 15 is 0 Å². The summed E-state index contributed by atoms with van der Waals surface area (Å²) in [5.74, 6) is -1.42. The number of hydrogen-bond donors (Lipinski definition) is 5. The number of fused-ring (bicyclic) bond motifs is 2. The Bertz CT molecular complexity index is 2270. The average molecular weight is 840 g/mol. The van der Waals surface area contributed by atoms with E-state index in [2.05, 4.69) is 4.58 Å². The van der Waals surface area contributed by atoms with E-state index in [0.29, 0.717) is 61.3 Å². The van der Waals surface area contributed by atoms with Crippen molar-refractivity contribution >= 4 is 53.4 Å². The minimum atomic E-state index is -4.60. The summed E-state index contributed by atoms with van der Waals surface area (Å²) in [6.07, 6.45) is 11.4. The van der Waals surface area contributed by atoms with Crippen LogP contribution in [0, 0.1) is 0 Å². The number of rotatable bonds is 20. The summed E-state index contributed by atoms with van der Waals surface area (Å²) in [7, 11) is -11.9. The first-order valence-corrected chi connectivity index (χ1v) is 22.6. The van der Waals surface area contributed by atoms with Gasteiger partial charge in [-0.3, -0.25) is 18.5 Å². The fourth-order valence-corrected chi connectivity index (χ4v) is 9.16. The number of carboxylic acids is 1. The molecule has 18 heteroatoms. The van der Waals surface area contributed by atoms with Crippen LogP contribution in [0.3, 0.4) is 0 Å². The molecule has 0 saturated heterocycles. The molecule has 3 atom stereocenters.